The van der Waals surface area contributed by atoms with Crippen LogP contribution in [-0.2, 0) is 0 Å². The first-order valence-electron chi connectivity index (χ1n) is 3.60. The number of aromatic amines is 1. The molecule has 0 spiro atoms. The molecule has 0 unspecified atom stereocenters. The quantitative estimate of drug-likeness (QED) is 0.682. The summed E-state index contributed by atoms with van der Waals surface area (Å²) in [6, 6.07) is 1.75. The smallest absolute Gasteiger partial charge is 0.356 e. The van der Waals surface area contributed by atoms with Crippen LogP contribution < -0.4 is 0 Å². The van der Waals surface area contributed by atoms with Gasteiger partial charge in [0, 0.05) is 18.2 Å². The van der Waals surface area contributed by atoms with Gasteiger partial charge in [0.25, 0.3) is 0 Å². The van der Waals surface area contributed by atoms with E-state index in [9.17, 15) is 4.79 Å². The van der Waals surface area contributed by atoms with Crippen LogP contribution in [0.4, 0.5) is 0 Å². The first kappa shape index (κ1) is 11.2. The third kappa shape index (κ3) is 2.95. The standard InChI is InChI=1S/C6H8N2O2.C2H3N/c1-3-4(2)7-8-5(3)6(9)10;1-2-3/h1-2H3,(H,7,8)(H,9,10);1H3. The Kier molecular flexibility index (Phi) is 4.24. The third-order valence-corrected chi connectivity index (χ3v) is 1.46. The second-order valence-corrected chi connectivity index (χ2v) is 2.35. The molecule has 0 radical (unpaired) electrons. The van der Waals surface area contributed by atoms with Crippen molar-refractivity contribution in [1.29, 1.82) is 5.26 Å². The molecular formula is C8H11N3O2. The summed E-state index contributed by atoms with van der Waals surface area (Å²) in [5.74, 6) is -0.984. The summed E-state index contributed by atoms with van der Waals surface area (Å²) in [7, 11) is 0. The molecule has 2 N–H and O–H groups in total. The Morgan fingerprint density at radius 1 is 1.62 bits per heavy atom. The van der Waals surface area contributed by atoms with Crippen LogP contribution in [-0.4, -0.2) is 21.3 Å². The van der Waals surface area contributed by atoms with Crippen LogP contribution in [0.5, 0.6) is 0 Å². The predicted octanol–water partition coefficient (Wildman–Crippen LogP) is 1.25. The molecular weight excluding hydrogens is 170 g/mol. The van der Waals surface area contributed by atoms with Gasteiger partial charge in [-0.1, -0.05) is 0 Å². The second-order valence-electron chi connectivity index (χ2n) is 2.35. The van der Waals surface area contributed by atoms with Crippen molar-refractivity contribution in [2.75, 3.05) is 0 Å². The maximum Gasteiger partial charge on any atom is 0.356 e. The summed E-state index contributed by atoms with van der Waals surface area (Å²) in [5, 5.41) is 22.0. The topological polar surface area (TPSA) is 89.8 Å². The highest BCUT2D eigenvalue weighted by Gasteiger charge is 2.11. The minimum absolute atomic E-state index is 0.109. The molecule has 1 heterocycles. The zero-order chi connectivity index (χ0) is 10.4. The van der Waals surface area contributed by atoms with Crippen molar-refractivity contribution in [2.45, 2.75) is 20.8 Å². The van der Waals surface area contributed by atoms with E-state index in [1.165, 1.54) is 6.92 Å². The van der Waals surface area contributed by atoms with Crippen LogP contribution in [0, 0.1) is 25.2 Å². The largest absolute Gasteiger partial charge is 0.476 e. The lowest BCUT2D eigenvalue weighted by Crippen LogP contribution is -1.98. The molecule has 0 amide bonds. The zero-order valence-electron chi connectivity index (χ0n) is 7.75. The van der Waals surface area contributed by atoms with Crippen LogP contribution in [0.1, 0.15) is 28.7 Å². The molecule has 0 bridgehead atoms. The van der Waals surface area contributed by atoms with Gasteiger partial charge in [-0.2, -0.15) is 10.4 Å². The molecule has 1 aromatic heterocycles. The molecule has 1 aromatic rings. The molecule has 0 aliphatic heterocycles. The van der Waals surface area contributed by atoms with E-state index < -0.39 is 5.97 Å². The van der Waals surface area contributed by atoms with Crippen LogP contribution in [0.25, 0.3) is 0 Å². The van der Waals surface area contributed by atoms with Crippen molar-refractivity contribution in [3.05, 3.63) is 17.0 Å². The van der Waals surface area contributed by atoms with Crippen LogP contribution in [0.2, 0.25) is 0 Å². The van der Waals surface area contributed by atoms with E-state index in [0.717, 1.165) is 5.69 Å². The van der Waals surface area contributed by atoms with E-state index in [-0.39, 0.29) is 5.69 Å². The number of rotatable bonds is 1. The molecule has 0 aliphatic carbocycles. The van der Waals surface area contributed by atoms with Crippen molar-refractivity contribution in [2.24, 2.45) is 0 Å². The zero-order valence-corrected chi connectivity index (χ0v) is 7.75. The van der Waals surface area contributed by atoms with Crippen molar-refractivity contribution < 1.29 is 9.90 Å². The maximum atomic E-state index is 10.4. The number of nitrogens with one attached hydrogen (secondary N) is 1. The molecule has 1 rings (SSSR count). The fourth-order valence-corrected chi connectivity index (χ4v) is 0.693. The molecule has 70 valence electrons. The first-order valence-corrected chi connectivity index (χ1v) is 3.60. The van der Waals surface area contributed by atoms with Gasteiger partial charge >= 0.3 is 5.97 Å². The number of hydrogen-bond donors (Lipinski definition) is 2. The summed E-state index contributed by atoms with van der Waals surface area (Å²) in [6.45, 7) is 4.94. The highest BCUT2D eigenvalue weighted by atomic mass is 16.4. The average Bonchev–Trinajstić information content (AvgIpc) is 2.34. The lowest BCUT2D eigenvalue weighted by atomic mass is 10.2. The molecule has 0 fully saturated rings. The summed E-state index contributed by atoms with van der Waals surface area (Å²) in [5.41, 5.74) is 1.61. The number of aromatic nitrogens is 2. The lowest BCUT2D eigenvalue weighted by Gasteiger charge is -1.87. The second kappa shape index (κ2) is 4.93. The molecule has 13 heavy (non-hydrogen) atoms. The van der Waals surface area contributed by atoms with Gasteiger partial charge in [0.1, 0.15) is 0 Å². The van der Waals surface area contributed by atoms with E-state index in [2.05, 4.69) is 10.2 Å². The Morgan fingerprint density at radius 2 is 2.08 bits per heavy atom. The first-order chi connectivity index (χ1) is 6.04. The molecule has 5 heteroatoms. The number of carboxylic acids is 1. The average molecular weight is 181 g/mol. The van der Waals surface area contributed by atoms with Crippen molar-refractivity contribution in [1.82, 2.24) is 10.2 Å². The van der Waals surface area contributed by atoms with E-state index in [1.807, 2.05) is 0 Å². The molecule has 5 nitrogen and oxygen atoms in total. The molecule has 0 atom stereocenters. The Balaban J connectivity index is 0.000000424. The Labute approximate surface area is 76.0 Å². The van der Waals surface area contributed by atoms with Crippen molar-refractivity contribution >= 4 is 5.97 Å². The number of aryl methyl sites for hydroxylation is 1. The normalized spacial score (nSPS) is 8.15. The van der Waals surface area contributed by atoms with Crippen LogP contribution in [0.15, 0.2) is 0 Å². The number of H-pyrrole nitrogens is 1. The minimum atomic E-state index is -0.984. The van der Waals surface area contributed by atoms with Crippen molar-refractivity contribution in [3.8, 4) is 6.07 Å². The third-order valence-electron chi connectivity index (χ3n) is 1.46. The Morgan fingerprint density at radius 3 is 2.23 bits per heavy atom. The van der Waals surface area contributed by atoms with Gasteiger partial charge < -0.3 is 5.11 Å². The van der Waals surface area contributed by atoms with E-state index in [0.29, 0.717) is 5.56 Å². The molecule has 0 aromatic carbocycles. The number of carboxylic acid groups (broad SMARTS) is 1. The minimum Gasteiger partial charge on any atom is -0.476 e. The Bertz CT molecular complexity index is 336. The van der Waals surface area contributed by atoms with E-state index in [4.69, 9.17) is 10.4 Å². The van der Waals surface area contributed by atoms with Gasteiger partial charge in [-0.25, -0.2) is 4.79 Å². The van der Waals surface area contributed by atoms with Gasteiger partial charge in [0.2, 0.25) is 0 Å². The fourth-order valence-electron chi connectivity index (χ4n) is 0.693. The van der Waals surface area contributed by atoms with E-state index in [1.54, 1.807) is 19.9 Å². The number of hydrogen-bond acceptors (Lipinski definition) is 3. The Hall–Kier alpha value is -1.83. The monoisotopic (exact) mass is 181 g/mol. The number of carbonyl (C=O) groups is 1. The van der Waals surface area contributed by atoms with Crippen molar-refractivity contribution in [3.63, 3.8) is 0 Å². The van der Waals surface area contributed by atoms with Crippen LogP contribution >= 0.6 is 0 Å². The summed E-state index contributed by atoms with van der Waals surface area (Å²) in [4.78, 5) is 10.4. The highest BCUT2D eigenvalue weighted by molar-refractivity contribution is 5.87. The summed E-state index contributed by atoms with van der Waals surface area (Å²) < 4.78 is 0. The van der Waals surface area contributed by atoms with Gasteiger partial charge in [-0.15, -0.1) is 0 Å². The highest BCUT2D eigenvalue weighted by Crippen LogP contribution is 2.06. The SMILES string of the molecule is CC#N.Cc1[nH]nc(C(=O)O)c1C. The summed E-state index contributed by atoms with van der Waals surface area (Å²) >= 11 is 0. The molecule has 0 aliphatic rings. The van der Waals surface area contributed by atoms with Gasteiger partial charge in [0.05, 0.1) is 6.07 Å². The lowest BCUT2D eigenvalue weighted by molar-refractivity contribution is 0.0689. The summed E-state index contributed by atoms with van der Waals surface area (Å²) in [6.07, 6.45) is 0. The number of nitrogens with zero attached hydrogens (tertiary/aromatic N) is 2. The van der Waals surface area contributed by atoms with Gasteiger partial charge in [0.15, 0.2) is 5.69 Å². The van der Waals surface area contributed by atoms with Crippen LogP contribution in [0.3, 0.4) is 0 Å². The van der Waals surface area contributed by atoms with E-state index >= 15 is 0 Å². The molecule has 0 saturated carbocycles. The predicted molar refractivity (Wildman–Crippen MR) is 46.3 cm³/mol. The number of nitriles is 1. The molecule has 0 saturated heterocycles. The maximum absolute atomic E-state index is 10.4. The number of aromatic carboxylic acids is 1. The van der Waals surface area contributed by atoms with Gasteiger partial charge in [-0.05, 0) is 13.8 Å². The fraction of sp³-hybridized carbons (Fsp3) is 0.375. The van der Waals surface area contributed by atoms with Gasteiger partial charge in [-0.3, -0.25) is 5.10 Å².